The second-order valence-electron chi connectivity index (χ2n) is 8.28. The van der Waals surface area contributed by atoms with Crippen LogP contribution < -0.4 is 20.2 Å². The first-order valence-electron chi connectivity index (χ1n) is 10.9. The van der Waals surface area contributed by atoms with Gasteiger partial charge in [0, 0.05) is 43.2 Å². The van der Waals surface area contributed by atoms with Crippen molar-refractivity contribution in [3.05, 3.63) is 23.8 Å². The molecule has 4 rings (SSSR count). The lowest BCUT2D eigenvalue weighted by molar-refractivity contribution is -0.155. The van der Waals surface area contributed by atoms with Crippen molar-refractivity contribution in [1.29, 1.82) is 0 Å². The molecule has 8 heteroatoms. The fourth-order valence-electron chi connectivity index (χ4n) is 5.29. The number of hydrazine groups is 1. The number of carbonyl (C=O) groups excluding carboxylic acids is 2. The van der Waals surface area contributed by atoms with E-state index in [0.29, 0.717) is 19.5 Å². The summed E-state index contributed by atoms with van der Waals surface area (Å²) in [5.74, 6) is 1.60. The van der Waals surface area contributed by atoms with Gasteiger partial charge in [-0.25, -0.2) is 5.01 Å². The quantitative estimate of drug-likeness (QED) is 0.727. The van der Waals surface area contributed by atoms with Crippen LogP contribution in [0.5, 0.6) is 11.5 Å². The Bertz CT molecular complexity index is 801. The summed E-state index contributed by atoms with van der Waals surface area (Å²) in [5, 5.41) is 5.25. The number of rotatable bonds is 6. The van der Waals surface area contributed by atoms with Gasteiger partial charge < -0.3 is 19.7 Å². The van der Waals surface area contributed by atoms with Gasteiger partial charge in [0.05, 0.1) is 14.2 Å². The predicted octanol–water partition coefficient (Wildman–Crippen LogP) is 1.30. The fraction of sp³-hybridized carbons (Fsp3) is 0.636. The molecule has 0 spiro atoms. The Morgan fingerprint density at radius 2 is 2.03 bits per heavy atom. The molecular formula is C22H32N4O4. The van der Waals surface area contributed by atoms with Gasteiger partial charge in [-0.15, -0.1) is 0 Å². The Labute approximate surface area is 177 Å². The Kier molecular flexibility index (Phi) is 6.15. The predicted molar refractivity (Wildman–Crippen MR) is 112 cm³/mol. The molecule has 2 aliphatic heterocycles. The SMILES string of the molecule is CCN1C(=O)C2CCNN2C2CCC(C(=O)NCc3cc(OC)ccc3OC)CC21. The molecule has 1 saturated carbocycles. The number of likely N-dealkylation sites (N-methyl/N-ethyl adjacent to an activating group) is 1. The number of nitrogens with zero attached hydrogens (tertiary/aromatic N) is 2. The van der Waals surface area contributed by atoms with Gasteiger partial charge in [-0.2, -0.15) is 0 Å². The number of carbonyl (C=O) groups is 2. The van der Waals surface area contributed by atoms with E-state index in [1.54, 1.807) is 14.2 Å². The average Bonchev–Trinajstić information content (AvgIpc) is 3.27. The van der Waals surface area contributed by atoms with Crippen LogP contribution in [0.3, 0.4) is 0 Å². The molecule has 3 aliphatic rings. The summed E-state index contributed by atoms with van der Waals surface area (Å²) >= 11 is 0. The van der Waals surface area contributed by atoms with Crippen molar-refractivity contribution >= 4 is 11.8 Å². The van der Waals surface area contributed by atoms with Crippen molar-refractivity contribution in [2.45, 2.75) is 57.3 Å². The molecule has 2 N–H and O–H groups in total. The summed E-state index contributed by atoms with van der Waals surface area (Å²) in [6.45, 7) is 3.96. The van der Waals surface area contributed by atoms with Gasteiger partial charge in [-0.3, -0.25) is 15.0 Å². The molecule has 4 atom stereocenters. The van der Waals surface area contributed by atoms with Crippen molar-refractivity contribution in [2.24, 2.45) is 5.92 Å². The smallest absolute Gasteiger partial charge is 0.241 e. The molecule has 30 heavy (non-hydrogen) atoms. The Morgan fingerprint density at radius 1 is 1.20 bits per heavy atom. The van der Waals surface area contributed by atoms with Crippen LogP contribution in [0.25, 0.3) is 0 Å². The molecule has 4 unspecified atom stereocenters. The molecule has 2 saturated heterocycles. The zero-order chi connectivity index (χ0) is 21.3. The third-order valence-electron chi connectivity index (χ3n) is 6.81. The molecule has 1 aromatic rings. The third kappa shape index (κ3) is 3.74. The normalized spacial score (nSPS) is 28.6. The van der Waals surface area contributed by atoms with Crippen LogP contribution in [0.2, 0.25) is 0 Å². The minimum atomic E-state index is -0.0937. The fourth-order valence-corrected chi connectivity index (χ4v) is 5.29. The lowest BCUT2D eigenvalue weighted by Crippen LogP contribution is -2.68. The summed E-state index contributed by atoms with van der Waals surface area (Å²) in [6.07, 6.45) is 3.32. The van der Waals surface area contributed by atoms with Gasteiger partial charge >= 0.3 is 0 Å². The first kappa shape index (κ1) is 20.9. The van der Waals surface area contributed by atoms with Crippen LogP contribution in [0.4, 0.5) is 0 Å². The lowest BCUT2D eigenvalue weighted by Gasteiger charge is -2.51. The molecule has 0 aromatic heterocycles. The molecule has 3 fully saturated rings. The van der Waals surface area contributed by atoms with Crippen LogP contribution in [0, 0.1) is 5.92 Å². The number of methoxy groups -OCH3 is 2. The second kappa shape index (κ2) is 8.81. The Hall–Kier alpha value is -2.32. The van der Waals surface area contributed by atoms with E-state index in [-0.39, 0.29) is 35.9 Å². The topological polar surface area (TPSA) is 83.1 Å². The van der Waals surface area contributed by atoms with Crippen molar-refractivity contribution < 1.29 is 19.1 Å². The molecule has 0 radical (unpaired) electrons. The highest BCUT2D eigenvalue weighted by Gasteiger charge is 2.50. The molecule has 2 amide bonds. The van der Waals surface area contributed by atoms with Gasteiger partial charge in [0.2, 0.25) is 11.8 Å². The second-order valence-corrected chi connectivity index (χ2v) is 8.28. The monoisotopic (exact) mass is 416 g/mol. The highest BCUT2D eigenvalue weighted by molar-refractivity contribution is 5.84. The number of hydrogen-bond acceptors (Lipinski definition) is 6. The third-order valence-corrected chi connectivity index (χ3v) is 6.81. The Morgan fingerprint density at radius 3 is 2.77 bits per heavy atom. The number of fused-ring (bicyclic) bond motifs is 3. The summed E-state index contributed by atoms with van der Waals surface area (Å²) in [7, 11) is 3.24. The van der Waals surface area contributed by atoms with Crippen molar-refractivity contribution in [3.63, 3.8) is 0 Å². The first-order valence-corrected chi connectivity index (χ1v) is 10.9. The molecule has 2 heterocycles. The molecule has 1 aliphatic carbocycles. The Balaban J connectivity index is 1.42. The number of piperazine rings is 1. The summed E-state index contributed by atoms with van der Waals surface area (Å²) in [6, 6.07) is 5.89. The molecule has 164 valence electrons. The van der Waals surface area contributed by atoms with Crippen molar-refractivity contribution in [1.82, 2.24) is 20.7 Å². The van der Waals surface area contributed by atoms with Gasteiger partial charge in [0.25, 0.3) is 0 Å². The summed E-state index contributed by atoms with van der Waals surface area (Å²) in [5.41, 5.74) is 4.29. The van der Waals surface area contributed by atoms with Gasteiger partial charge in [-0.05, 0) is 50.8 Å². The summed E-state index contributed by atoms with van der Waals surface area (Å²) < 4.78 is 10.7. The van der Waals surface area contributed by atoms with Crippen molar-refractivity contribution in [2.75, 3.05) is 27.3 Å². The minimum absolute atomic E-state index is 0.0401. The highest BCUT2D eigenvalue weighted by atomic mass is 16.5. The number of amides is 2. The van der Waals surface area contributed by atoms with E-state index in [1.165, 1.54) is 0 Å². The highest BCUT2D eigenvalue weighted by Crippen LogP contribution is 2.37. The number of ether oxygens (including phenoxy) is 2. The number of nitrogens with one attached hydrogen (secondary N) is 2. The lowest BCUT2D eigenvalue weighted by atomic mass is 9.78. The summed E-state index contributed by atoms with van der Waals surface area (Å²) in [4.78, 5) is 27.9. The van der Waals surface area contributed by atoms with Gasteiger partial charge in [-0.1, -0.05) is 0 Å². The van der Waals surface area contributed by atoms with Gasteiger partial charge in [0.1, 0.15) is 17.5 Å². The maximum Gasteiger partial charge on any atom is 0.241 e. The number of hydrogen-bond donors (Lipinski definition) is 2. The molecule has 0 bridgehead atoms. The van der Waals surface area contributed by atoms with E-state index >= 15 is 0 Å². The van der Waals surface area contributed by atoms with Crippen LogP contribution in [0.15, 0.2) is 18.2 Å². The average molecular weight is 417 g/mol. The molecule has 1 aromatic carbocycles. The number of benzene rings is 1. The van der Waals surface area contributed by atoms with Crippen LogP contribution >= 0.6 is 0 Å². The molecular weight excluding hydrogens is 384 g/mol. The van der Waals surface area contributed by atoms with E-state index < -0.39 is 0 Å². The van der Waals surface area contributed by atoms with Crippen LogP contribution in [0.1, 0.15) is 38.2 Å². The zero-order valence-corrected chi connectivity index (χ0v) is 18.0. The first-order chi connectivity index (χ1) is 14.6. The molecule has 8 nitrogen and oxygen atoms in total. The van der Waals surface area contributed by atoms with Crippen LogP contribution in [-0.4, -0.2) is 67.2 Å². The van der Waals surface area contributed by atoms with Gasteiger partial charge in [0.15, 0.2) is 0 Å². The maximum atomic E-state index is 13.0. The minimum Gasteiger partial charge on any atom is -0.497 e. The van der Waals surface area contributed by atoms with Crippen molar-refractivity contribution in [3.8, 4) is 11.5 Å². The van der Waals surface area contributed by atoms with Crippen LogP contribution in [-0.2, 0) is 16.1 Å². The zero-order valence-electron chi connectivity index (χ0n) is 18.0. The van der Waals surface area contributed by atoms with E-state index in [0.717, 1.165) is 42.9 Å². The maximum absolute atomic E-state index is 13.0. The van der Waals surface area contributed by atoms with E-state index in [1.807, 2.05) is 30.0 Å². The standard InChI is InChI=1S/C22H32N4O4/c1-4-25-19-12-14(5-7-17(19)26-18(22(25)28)9-10-24-26)21(27)23-13-15-11-16(29-2)6-8-20(15)30-3/h6,8,11,14,17-19,24H,4-5,7,9-10,12-13H2,1-3H3,(H,23,27). The van der Waals surface area contributed by atoms with E-state index in [4.69, 9.17) is 9.47 Å². The van der Waals surface area contributed by atoms with E-state index in [9.17, 15) is 9.59 Å². The largest absolute Gasteiger partial charge is 0.497 e. The van der Waals surface area contributed by atoms with E-state index in [2.05, 4.69) is 15.8 Å².